The Morgan fingerprint density at radius 1 is 1.14 bits per heavy atom. The minimum atomic E-state index is -0.362. The predicted octanol–water partition coefficient (Wildman–Crippen LogP) is 7.35. The van der Waals surface area contributed by atoms with E-state index in [0.29, 0.717) is 28.6 Å². The van der Waals surface area contributed by atoms with Gasteiger partial charge in [-0.25, -0.2) is 0 Å². The van der Waals surface area contributed by atoms with Gasteiger partial charge in [0.2, 0.25) is 0 Å². The quantitative estimate of drug-likeness (QED) is 0.242. The van der Waals surface area contributed by atoms with Gasteiger partial charge in [-0.1, -0.05) is 44.0 Å². The molecule has 2 bridgehead atoms. The molecule has 4 saturated carbocycles. The number of hydrogen-bond acceptors (Lipinski definition) is 4. The Balaban J connectivity index is 1.36. The maximum atomic E-state index is 13.2. The van der Waals surface area contributed by atoms with Gasteiger partial charge >= 0.3 is 5.97 Å². The summed E-state index contributed by atoms with van der Waals surface area (Å²) >= 11 is 11.8. The lowest BCUT2D eigenvalue weighted by atomic mass is 9.40. The Kier molecular flexibility index (Phi) is 6.68. The van der Waals surface area contributed by atoms with Gasteiger partial charge in [-0.15, -0.1) is 0 Å². The molecule has 4 fully saturated rings. The van der Waals surface area contributed by atoms with E-state index in [1.54, 1.807) is 0 Å². The number of hydrazone groups is 1. The largest absolute Gasteiger partial charge is 0.466 e. The van der Waals surface area contributed by atoms with E-state index < -0.39 is 0 Å². The first-order valence-electron chi connectivity index (χ1n) is 13.6. The van der Waals surface area contributed by atoms with Gasteiger partial charge in [-0.05, 0) is 112 Å². The fourth-order valence-corrected chi connectivity index (χ4v) is 9.41. The van der Waals surface area contributed by atoms with Crippen LogP contribution in [0.2, 0.25) is 5.02 Å². The topological polar surface area (TPSA) is 62.7 Å². The molecule has 0 aliphatic heterocycles. The molecule has 1 spiro atoms. The van der Waals surface area contributed by atoms with Crippen LogP contribution in [0.4, 0.5) is 5.69 Å². The van der Waals surface area contributed by atoms with Crippen molar-refractivity contribution in [2.75, 3.05) is 11.9 Å². The van der Waals surface area contributed by atoms with E-state index in [2.05, 4.69) is 31.5 Å². The number of thiocarbonyl (C=S) groups is 1. The number of nitrogens with zero attached hydrogens (tertiary/aromatic N) is 1. The van der Waals surface area contributed by atoms with Crippen LogP contribution in [-0.2, 0) is 9.53 Å². The third-order valence-corrected chi connectivity index (χ3v) is 11.1. The van der Waals surface area contributed by atoms with Crippen molar-refractivity contribution in [1.82, 2.24) is 5.43 Å². The van der Waals surface area contributed by atoms with Crippen LogP contribution in [0.5, 0.6) is 0 Å². The van der Waals surface area contributed by atoms with Crippen molar-refractivity contribution in [3.8, 4) is 0 Å². The first-order valence-corrected chi connectivity index (χ1v) is 14.4. The number of halogens is 1. The highest BCUT2D eigenvalue weighted by Gasteiger charge is 2.67. The molecule has 0 aromatic heterocycles. The van der Waals surface area contributed by atoms with Crippen molar-refractivity contribution in [2.45, 2.75) is 85.5 Å². The van der Waals surface area contributed by atoms with Crippen LogP contribution in [0.3, 0.4) is 0 Å². The Hall–Kier alpha value is -1.66. The molecule has 5 rings (SSSR count). The van der Waals surface area contributed by atoms with E-state index >= 15 is 0 Å². The van der Waals surface area contributed by atoms with Crippen LogP contribution in [0.1, 0.15) is 85.5 Å². The molecule has 0 amide bonds. The number of anilines is 1. The summed E-state index contributed by atoms with van der Waals surface area (Å²) in [7, 11) is 0. The average Bonchev–Trinajstić information content (AvgIpc) is 3.03. The van der Waals surface area contributed by atoms with Gasteiger partial charge in [-0.3, -0.25) is 10.2 Å². The van der Waals surface area contributed by atoms with Gasteiger partial charge in [0.25, 0.3) is 0 Å². The minimum Gasteiger partial charge on any atom is -0.466 e. The van der Waals surface area contributed by atoms with Gasteiger partial charge in [0.15, 0.2) is 5.11 Å². The summed E-state index contributed by atoms with van der Waals surface area (Å²) in [5, 5.41) is 9.17. The normalized spacial score (nSPS) is 40.2. The van der Waals surface area contributed by atoms with Gasteiger partial charge in [0, 0.05) is 11.1 Å². The van der Waals surface area contributed by atoms with E-state index in [-0.39, 0.29) is 27.6 Å². The molecule has 7 heteroatoms. The zero-order valence-corrected chi connectivity index (χ0v) is 23.7. The molecular weight excluding hydrogens is 490 g/mol. The summed E-state index contributed by atoms with van der Waals surface area (Å²) < 4.78 is 5.62. The minimum absolute atomic E-state index is 0.0231. The van der Waals surface area contributed by atoms with Gasteiger partial charge in [0.1, 0.15) is 0 Å². The van der Waals surface area contributed by atoms with Crippen LogP contribution >= 0.6 is 23.8 Å². The van der Waals surface area contributed by atoms with Crippen LogP contribution in [-0.4, -0.2) is 23.4 Å². The smallest absolute Gasteiger partial charge is 0.312 e. The summed E-state index contributed by atoms with van der Waals surface area (Å²) in [6.07, 6.45) is 10.1. The SMILES string of the molecule is CCOC(=O)[C@]1(C)CCC[C@@]2(C)[C@@H]3CC[C@@]4(C)C[C@]3(CC[C@@H]21)C/C4=N\NC(=S)Nc1ccccc1Cl. The molecule has 1 aromatic rings. The number of ether oxygens (including phenoxy) is 1. The van der Waals surface area contributed by atoms with Crippen molar-refractivity contribution in [2.24, 2.45) is 38.6 Å². The molecule has 0 unspecified atom stereocenters. The molecule has 0 heterocycles. The van der Waals surface area contributed by atoms with E-state index in [0.717, 1.165) is 37.8 Å². The van der Waals surface area contributed by atoms with Crippen LogP contribution in [0.25, 0.3) is 0 Å². The average molecular weight is 530 g/mol. The van der Waals surface area contributed by atoms with Crippen molar-refractivity contribution in [1.29, 1.82) is 0 Å². The Morgan fingerprint density at radius 2 is 1.89 bits per heavy atom. The third kappa shape index (κ3) is 4.07. The van der Waals surface area contributed by atoms with Gasteiger partial charge < -0.3 is 10.1 Å². The number of hydrogen-bond donors (Lipinski definition) is 2. The fraction of sp³-hybridized carbons (Fsp3) is 0.690. The summed E-state index contributed by atoms with van der Waals surface area (Å²) in [5.74, 6) is 1.03. The highest BCUT2D eigenvalue weighted by molar-refractivity contribution is 7.80. The molecular formula is C29H40ClN3O2S. The highest BCUT2D eigenvalue weighted by atomic mass is 35.5. The summed E-state index contributed by atoms with van der Waals surface area (Å²) in [6.45, 7) is 9.46. The summed E-state index contributed by atoms with van der Waals surface area (Å²) in [5.41, 5.74) is 5.33. The molecule has 196 valence electrons. The van der Waals surface area contributed by atoms with Crippen LogP contribution in [0.15, 0.2) is 29.4 Å². The lowest BCUT2D eigenvalue weighted by molar-refractivity contribution is -0.187. The van der Waals surface area contributed by atoms with Gasteiger partial charge in [-0.2, -0.15) is 5.10 Å². The summed E-state index contributed by atoms with van der Waals surface area (Å²) in [4.78, 5) is 13.2. The second kappa shape index (κ2) is 9.27. The molecule has 6 atom stereocenters. The van der Waals surface area contributed by atoms with Crippen LogP contribution in [0, 0.1) is 33.5 Å². The zero-order valence-electron chi connectivity index (χ0n) is 22.1. The van der Waals surface area contributed by atoms with Gasteiger partial charge in [0.05, 0.1) is 22.7 Å². The molecule has 4 aliphatic carbocycles. The molecule has 36 heavy (non-hydrogen) atoms. The lowest BCUT2D eigenvalue weighted by Gasteiger charge is -2.64. The maximum absolute atomic E-state index is 13.2. The summed E-state index contributed by atoms with van der Waals surface area (Å²) in [6, 6.07) is 7.58. The molecule has 0 radical (unpaired) electrons. The lowest BCUT2D eigenvalue weighted by Crippen LogP contribution is -2.58. The van der Waals surface area contributed by atoms with Crippen molar-refractivity contribution in [3.05, 3.63) is 29.3 Å². The Labute approximate surface area is 226 Å². The molecule has 2 N–H and O–H groups in total. The van der Waals surface area contributed by atoms with Crippen molar-refractivity contribution >= 4 is 46.3 Å². The Bertz CT molecular complexity index is 1090. The molecule has 5 nitrogen and oxygen atoms in total. The fourth-order valence-electron chi connectivity index (χ4n) is 9.07. The third-order valence-electron chi connectivity index (χ3n) is 10.5. The second-order valence-corrected chi connectivity index (χ2v) is 13.4. The van der Waals surface area contributed by atoms with E-state index in [1.165, 1.54) is 31.4 Å². The molecule has 0 saturated heterocycles. The van der Waals surface area contributed by atoms with Crippen molar-refractivity contribution < 1.29 is 9.53 Å². The number of carbonyl (C=O) groups excluding carboxylic acids is 1. The standard InChI is InChI=1S/C29H40ClN3O2S/c1-5-35-24(34)28(4)14-8-13-27(3)21(28)12-16-29-17-23(26(2,18-29)15-11-22(27)29)32-33-25(36)31-20-10-7-6-9-19(20)30/h6-7,9-10,21-22H,5,8,11-18H2,1-4H3,(H2,31,33,36)/b32-23+/t21-,22-,26-,27+,28+,29-/m0/s1. The first-order chi connectivity index (χ1) is 17.1. The second-order valence-electron chi connectivity index (χ2n) is 12.6. The number of carbonyl (C=O) groups is 1. The monoisotopic (exact) mass is 529 g/mol. The number of fused-ring (bicyclic) bond motifs is 3. The molecule has 1 aromatic carbocycles. The number of nitrogens with one attached hydrogen (secondary N) is 2. The number of esters is 1. The number of rotatable bonds is 4. The first kappa shape index (κ1) is 26.0. The van der Waals surface area contributed by atoms with E-state index in [4.69, 9.17) is 33.7 Å². The highest BCUT2D eigenvalue weighted by Crippen LogP contribution is 2.73. The van der Waals surface area contributed by atoms with Crippen LogP contribution < -0.4 is 10.7 Å². The van der Waals surface area contributed by atoms with Crippen molar-refractivity contribution in [3.63, 3.8) is 0 Å². The molecule has 4 aliphatic rings. The zero-order chi connectivity index (χ0) is 25.8. The maximum Gasteiger partial charge on any atom is 0.312 e. The Morgan fingerprint density at radius 3 is 2.64 bits per heavy atom. The number of para-hydroxylation sites is 1. The predicted molar refractivity (Wildman–Crippen MR) is 150 cm³/mol. The van der Waals surface area contributed by atoms with E-state index in [1.807, 2.05) is 31.2 Å². The number of benzene rings is 1. The van der Waals surface area contributed by atoms with E-state index in [9.17, 15) is 4.79 Å².